The summed E-state index contributed by atoms with van der Waals surface area (Å²) < 4.78 is 42.9. The monoisotopic (exact) mass is 511 g/mol. The second kappa shape index (κ2) is 11.3. The number of rotatable bonds is 9. The van der Waals surface area contributed by atoms with Crippen molar-refractivity contribution in [2.24, 2.45) is 0 Å². The number of amides is 2. The van der Waals surface area contributed by atoms with Crippen molar-refractivity contribution in [3.63, 3.8) is 0 Å². The van der Waals surface area contributed by atoms with E-state index in [4.69, 9.17) is 0 Å². The van der Waals surface area contributed by atoms with E-state index in [1.54, 1.807) is 36.4 Å². The third-order valence-electron chi connectivity index (χ3n) is 5.82. The molecule has 190 valence electrons. The molecule has 36 heavy (non-hydrogen) atoms. The molecule has 0 aromatic heterocycles. The number of likely N-dealkylation sites (N-methyl/N-ethyl adjacent to an activating group) is 1. The summed E-state index contributed by atoms with van der Waals surface area (Å²) in [5.74, 6) is -1.63. The quantitative estimate of drug-likeness (QED) is 0.474. The molecule has 0 spiro atoms. The van der Waals surface area contributed by atoms with Crippen LogP contribution in [-0.4, -0.2) is 44.8 Å². The molecule has 0 radical (unpaired) electrons. The van der Waals surface area contributed by atoms with Gasteiger partial charge in [0.05, 0.1) is 10.6 Å². The average Bonchev–Trinajstić information content (AvgIpc) is 2.85. The number of nitrogens with one attached hydrogen (secondary N) is 1. The van der Waals surface area contributed by atoms with Crippen molar-refractivity contribution < 1.29 is 22.4 Å². The second-order valence-electron chi connectivity index (χ2n) is 8.57. The summed E-state index contributed by atoms with van der Waals surface area (Å²) in [6.07, 6.45) is 0. The molecule has 1 N–H and O–H groups in total. The lowest BCUT2D eigenvalue weighted by Crippen LogP contribution is -2.50. The number of nitrogens with zero attached hydrogens (tertiary/aromatic N) is 2. The van der Waals surface area contributed by atoms with Crippen LogP contribution >= 0.6 is 0 Å². The number of sulfonamides is 1. The number of benzene rings is 3. The Morgan fingerprint density at radius 2 is 1.53 bits per heavy atom. The maximum Gasteiger partial charge on any atom is 0.264 e. The Bertz CT molecular complexity index is 1330. The Hall–Kier alpha value is -3.72. The van der Waals surface area contributed by atoms with Gasteiger partial charge in [-0.05, 0) is 62.2 Å². The molecule has 3 rings (SSSR count). The van der Waals surface area contributed by atoms with E-state index in [2.05, 4.69) is 5.32 Å². The highest BCUT2D eigenvalue weighted by molar-refractivity contribution is 7.92. The first kappa shape index (κ1) is 26.9. The van der Waals surface area contributed by atoms with Crippen LogP contribution in [0.1, 0.15) is 23.6 Å². The minimum atomic E-state index is -4.14. The van der Waals surface area contributed by atoms with Crippen molar-refractivity contribution in [2.75, 3.05) is 17.9 Å². The van der Waals surface area contributed by atoms with Crippen LogP contribution in [0.4, 0.5) is 10.1 Å². The van der Waals surface area contributed by atoms with Gasteiger partial charge in [-0.3, -0.25) is 13.9 Å². The van der Waals surface area contributed by atoms with Crippen LogP contribution in [-0.2, 0) is 26.2 Å². The van der Waals surface area contributed by atoms with Gasteiger partial charge in [0.15, 0.2) is 0 Å². The molecule has 0 aliphatic heterocycles. The molecule has 9 heteroatoms. The van der Waals surface area contributed by atoms with E-state index >= 15 is 0 Å². The normalized spacial score (nSPS) is 12.0. The predicted molar refractivity (Wildman–Crippen MR) is 137 cm³/mol. The molecule has 0 aliphatic carbocycles. The number of hydrogen-bond donors (Lipinski definition) is 1. The van der Waals surface area contributed by atoms with Gasteiger partial charge in [0, 0.05) is 19.2 Å². The number of anilines is 1. The maximum atomic E-state index is 14.4. The first-order valence-corrected chi connectivity index (χ1v) is 12.9. The Labute approximate surface area is 211 Å². The van der Waals surface area contributed by atoms with Crippen LogP contribution in [0.2, 0.25) is 0 Å². The van der Waals surface area contributed by atoms with E-state index < -0.39 is 40.2 Å². The lowest BCUT2D eigenvalue weighted by molar-refractivity contribution is -0.139. The molecule has 0 bridgehead atoms. The van der Waals surface area contributed by atoms with Gasteiger partial charge >= 0.3 is 0 Å². The van der Waals surface area contributed by atoms with E-state index in [1.165, 1.54) is 49.2 Å². The minimum absolute atomic E-state index is 0.0250. The van der Waals surface area contributed by atoms with Crippen LogP contribution in [0.3, 0.4) is 0 Å². The third kappa shape index (κ3) is 6.09. The molecule has 1 atom stereocenters. The van der Waals surface area contributed by atoms with Gasteiger partial charge in [-0.25, -0.2) is 12.8 Å². The fraction of sp³-hybridized carbons (Fsp3) is 0.259. The molecule has 7 nitrogen and oxygen atoms in total. The van der Waals surface area contributed by atoms with E-state index in [0.717, 1.165) is 15.4 Å². The first-order chi connectivity index (χ1) is 17.0. The fourth-order valence-corrected chi connectivity index (χ4v) is 5.36. The summed E-state index contributed by atoms with van der Waals surface area (Å²) in [6.45, 7) is 4.42. The Balaban J connectivity index is 2.07. The lowest BCUT2D eigenvalue weighted by atomic mass is 10.1. The van der Waals surface area contributed by atoms with Gasteiger partial charge in [0.25, 0.3) is 10.0 Å². The van der Waals surface area contributed by atoms with Crippen molar-refractivity contribution in [1.82, 2.24) is 10.2 Å². The van der Waals surface area contributed by atoms with Gasteiger partial charge in [0.1, 0.15) is 18.4 Å². The highest BCUT2D eigenvalue weighted by Gasteiger charge is 2.32. The van der Waals surface area contributed by atoms with Crippen LogP contribution in [0.25, 0.3) is 0 Å². The first-order valence-electron chi connectivity index (χ1n) is 11.4. The molecular formula is C27H30FN3O4S. The molecule has 0 saturated heterocycles. The van der Waals surface area contributed by atoms with E-state index in [9.17, 15) is 22.4 Å². The number of carbonyl (C=O) groups is 2. The summed E-state index contributed by atoms with van der Waals surface area (Å²) in [6, 6.07) is 18.1. The minimum Gasteiger partial charge on any atom is -0.357 e. The topological polar surface area (TPSA) is 86.8 Å². The summed E-state index contributed by atoms with van der Waals surface area (Å²) in [5.41, 5.74) is 2.19. The largest absolute Gasteiger partial charge is 0.357 e. The summed E-state index contributed by atoms with van der Waals surface area (Å²) >= 11 is 0. The maximum absolute atomic E-state index is 14.4. The SMILES string of the molecule is CNC(=O)[C@@H](C)N(Cc1ccccc1F)C(=O)CN(c1cc(C)cc(C)c1)S(=O)(=O)c1ccccc1. The van der Waals surface area contributed by atoms with Gasteiger partial charge in [-0.2, -0.15) is 0 Å². The van der Waals surface area contributed by atoms with E-state index in [0.29, 0.717) is 5.69 Å². The zero-order valence-electron chi connectivity index (χ0n) is 20.7. The van der Waals surface area contributed by atoms with Gasteiger partial charge in [-0.15, -0.1) is 0 Å². The van der Waals surface area contributed by atoms with Crippen molar-refractivity contribution in [2.45, 2.75) is 38.3 Å². The Morgan fingerprint density at radius 3 is 2.11 bits per heavy atom. The zero-order valence-corrected chi connectivity index (χ0v) is 21.5. The molecule has 0 fully saturated rings. The van der Waals surface area contributed by atoms with Gasteiger partial charge < -0.3 is 10.2 Å². The standard InChI is InChI=1S/C27H30FN3O4S/c1-19-14-20(2)16-23(15-19)31(36(34,35)24-11-6-5-7-12-24)18-26(32)30(21(3)27(33)29-4)17-22-10-8-9-13-25(22)28/h5-16,21H,17-18H2,1-4H3,(H,29,33)/t21-/m1/s1. The smallest absolute Gasteiger partial charge is 0.264 e. The molecule has 3 aromatic rings. The molecule has 0 heterocycles. The summed E-state index contributed by atoms with van der Waals surface area (Å²) in [7, 11) is -2.70. The molecule has 0 unspecified atom stereocenters. The van der Waals surface area contributed by atoms with Crippen molar-refractivity contribution in [1.29, 1.82) is 0 Å². The average molecular weight is 512 g/mol. The van der Waals surface area contributed by atoms with Crippen LogP contribution in [0, 0.1) is 19.7 Å². The summed E-state index contributed by atoms with van der Waals surface area (Å²) in [5, 5.41) is 2.50. The molecular weight excluding hydrogens is 481 g/mol. The predicted octanol–water partition coefficient (Wildman–Crippen LogP) is 3.80. The van der Waals surface area contributed by atoms with Crippen LogP contribution in [0.15, 0.2) is 77.7 Å². The third-order valence-corrected chi connectivity index (χ3v) is 7.60. The van der Waals surface area contributed by atoms with E-state index in [1.807, 2.05) is 19.9 Å². The van der Waals surface area contributed by atoms with Gasteiger partial charge in [-0.1, -0.05) is 42.5 Å². The number of halogens is 1. The molecule has 0 saturated carbocycles. The second-order valence-corrected chi connectivity index (χ2v) is 10.4. The van der Waals surface area contributed by atoms with Crippen molar-refractivity contribution >= 4 is 27.5 Å². The summed E-state index contributed by atoms with van der Waals surface area (Å²) in [4.78, 5) is 27.3. The highest BCUT2D eigenvalue weighted by atomic mass is 32.2. The molecule has 0 aliphatic rings. The zero-order chi connectivity index (χ0) is 26.5. The Kier molecular flexibility index (Phi) is 8.47. The Morgan fingerprint density at radius 1 is 0.944 bits per heavy atom. The van der Waals surface area contributed by atoms with Crippen LogP contribution < -0.4 is 9.62 Å². The number of carbonyl (C=O) groups excluding carboxylic acids is 2. The van der Waals surface area contributed by atoms with Crippen molar-refractivity contribution in [3.8, 4) is 0 Å². The van der Waals surface area contributed by atoms with Crippen molar-refractivity contribution in [3.05, 3.63) is 95.3 Å². The molecule has 2 amide bonds. The fourth-order valence-electron chi connectivity index (χ4n) is 3.94. The lowest BCUT2D eigenvalue weighted by Gasteiger charge is -2.32. The van der Waals surface area contributed by atoms with Crippen LogP contribution in [0.5, 0.6) is 0 Å². The number of hydrogen-bond acceptors (Lipinski definition) is 4. The van der Waals surface area contributed by atoms with E-state index in [-0.39, 0.29) is 17.0 Å². The molecule has 3 aromatic carbocycles. The van der Waals surface area contributed by atoms with Gasteiger partial charge in [0.2, 0.25) is 11.8 Å². The number of aryl methyl sites for hydroxylation is 2. The highest BCUT2D eigenvalue weighted by Crippen LogP contribution is 2.26.